The van der Waals surface area contributed by atoms with Crippen LogP contribution in [0, 0.1) is 12.8 Å². The van der Waals surface area contributed by atoms with Crippen LogP contribution in [0.4, 0.5) is 5.69 Å². The van der Waals surface area contributed by atoms with Gasteiger partial charge in [-0.25, -0.2) is 0 Å². The zero-order valence-electron chi connectivity index (χ0n) is 9.31. The molecule has 1 atom stereocenters. The Balaban J connectivity index is 2.32. The minimum Gasteiger partial charge on any atom is -0.481 e. The Morgan fingerprint density at radius 3 is 2.82 bits per heavy atom. The van der Waals surface area contributed by atoms with Gasteiger partial charge in [0.05, 0.1) is 16.6 Å². The molecular formula is C12H12ClNO3. The van der Waals surface area contributed by atoms with Crippen LogP contribution in [-0.2, 0) is 9.59 Å². The van der Waals surface area contributed by atoms with Crippen molar-refractivity contribution in [1.82, 2.24) is 0 Å². The van der Waals surface area contributed by atoms with Crippen LogP contribution >= 0.6 is 11.6 Å². The van der Waals surface area contributed by atoms with E-state index in [0.717, 1.165) is 5.56 Å². The second-order valence-corrected chi connectivity index (χ2v) is 4.61. The Bertz CT molecular complexity index is 487. The molecule has 2 rings (SSSR count). The molecule has 1 N–H and O–H groups in total. The number of amides is 1. The number of carboxylic acid groups (broad SMARTS) is 1. The fourth-order valence-electron chi connectivity index (χ4n) is 1.94. The molecule has 0 bridgehead atoms. The quantitative estimate of drug-likeness (QED) is 0.878. The largest absolute Gasteiger partial charge is 0.481 e. The molecule has 1 heterocycles. The summed E-state index contributed by atoms with van der Waals surface area (Å²) in [4.78, 5) is 24.1. The van der Waals surface area contributed by atoms with Gasteiger partial charge in [-0.3, -0.25) is 9.59 Å². The number of carboxylic acids is 1. The number of hydrogen-bond donors (Lipinski definition) is 1. The lowest BCUT2D eigenvalue weighted by atomic mass is 10.1. The molecule has 0 aromatic heterocycles. The first-order valence-electron chi connectivity index (χ1n) is 5.28. The van der Waals surface area contributed by atoms with Gasteiger partial charge < -0.3 is 10.0 Å². The number of hydrogen-bond acceptors (Lipinski definition) is 2. The van der Waals surface area contributed by atoms with E-state index in [1.807, 2.05) is 13.0 Å². The third-order valence-electron chi connectivity index (χ3n) is 2.87. The van der Waals surface area contributed by atoms with Crippen molar-refractivity contribution in [2.75, 3.05) is 11.4 Å². The number of anilines is 1. The highest BCUT2D eigenvalue weighted by atomic mass is 35.5. The molecule has 1 fully saturated rings. The summed E-state index contributed by atoms with van der Waals surface area (Å²) in [6, 6.07) is 5.36. The van der Waals surface area contributed by atoms with E-state index < -0.39 is 11.9 Å². The predicted molar refractivity (Wildman–Crippen MR) is 64.3 cm³/mol. The van der Waals surface area contributed by atoms with E-state index in [0.29, 0.717) is 10.7 Å². The van der Waals surface area contributed by atoms with Crippen LogP contribution in [0.15, 0.2) is 18.2 Å². The smallest absolute Gasteiger partial charge is 0.308 e. The highest BCUT2D eigenvalue weighted by molar-refractivity contribution is 6.34. The van der Waals surface area contributed by atoms with Crippen molar-refractivity contribution in [1.29, 1.82) is 0 Å². The van der Waals surface area contributed by atoms with Gasteiger partial charge in [-0.1, -0.05) is 17.7 Å². The lowest BCUT2D eigenvalue weighted by Gasteiger charge is -2.18. The average Bonchev–Trinajstić information content (AvgIpc) is 2.64. The molecule has 1 aliphatic rings. The van der Waals surface area contributed by atoms with Gasteiger partial charge >= 0.3 is 5.97 Å². The molecule has 1 saturated heterocycles. The molecule has 0 aliphatic carbocycles. The van der Waals surface area contributed by atoms with Crippen molar-refractivity contribution < 1.29 is 14.7 Å². The number of carbonyl (C=O) groups is 2. The first-order chi connectivity index (χ1) is 7.99. The maximum absolute atomic E-state index is 11.8. The molecule has 1 aliphatic heterocycles. The van der Waals surface area contributed by atoms with E-state index >= 15 is 0 Å². The summed E-state index contributed by atoms with van der Waals surface area (Å²) in [5, 5.41) is 9.38. The summed E-state index contributed by atoms with van der Waals surface area (Å²) >= 11 is 6.03. The molecule has 1 aromatic rings. The van der Waals surface area contributed by atoms with Gasteiger partial charge in [0.1, 0.15) is 0 Å². The van der Waals surface area contributed by atoms with Crippen molar-refractivity contribution in [2.24, 2.45) is 5.92 Å². The minimum atomic E-state index is -0.940. The van der Waals surface area contributed by atoms with Crippen LogP contribution in [0.5, 0.6) is 0 Å². The molecule has 1 amide bonds. The monoisotopic (exact) mass is 253 g/mol. The number of benzene rings is 1. The van der Waals surface area contributed by atoms with Gasteiger partial charge in [0.2, 0.25) is 5.91 Å². The second-order valence-electron chi connectivity index (χ2n) is 4.20. The average molecular weight is 254 g/mol. The third-order valence-corrected chi connectivity index (χ3v) is 3.19. The number of aliphatic carboxylic acids is 1. The van der Waals surface area contributed by atoms with Crippen LogP contribution in [0.2, 0.25) is 5.02 Å². The Morgan fingerprint density at radius 1 is 1.53 bits per heavy atom. The minimum absolute atomic E-state index is 0.0413. The van der Waals surface area contributed by atoms with Gasteiger partial charge in [0.15, 0.2) is 0 Å². The van der Waals surface area contributed by atoms with E-state index in [2.05, 4.69) is 0 Å². The molecule has 5 heteroatoms. The van der Waals surface area contributed by atoms with Crippen LogP contribution in [0.25, 0.3) is 0 Å². The first kappa shape index (κ1) is 11.9. The summed E-state index contributed by atoms with van der Waals surface area (Å²) in [6.45, 7) is 2.09. The fraction of sp³-hybridized carbons (Fsp3) is 0.333. The van der Waals surface area contributed by atoms with Crippen molar-refractivity contribution in [2.45, 2.75) is 13.3 Å². The zero-order chi connectivity index (χ0) is 12.6. The summed E-state index contributed by atoms with van der Waals surface area (Å²) in [7, 11) is 0. The van der Waals surface area contributed by atoms with Crippen molar-refractivity contribution in [3.8, 4) is 0 Å². The number of nitrogens with zero attached hydrogens (tertiary/aromatic N) is 1. The number of halogens is 1. The highest BCUT2D eigenvalue weighted by Crippen LogP contribution is 2.32. The van der Waals surface area contributed by atoms with E-state index in [-0.39, 0.29) is 18.9 Å². The normalized spacial score (nSPS) is 19.8. The lowest BCUT2D eigenvalue weighted by molar-refractivity contribution is -0.141. The summed E-state index contributed by atoms with van der Waals surface area (Å²) < 4.78 is 0. The van der Waals surface area contributed by atoms with Crippen molar-refractivity contribution in [3.63, 3.8) is 0 Å². The topological polar surface area (TPSA) is 57.6 Å². The van der Waals surface area contributed by atoms with Crippen LogP contribution in [0.3, 0.4) is 0 Å². The Kier molecular flexibility index (Phi) is 3.07. The van der Waals surface area contributed by atoms with E-state index in [1.54, 1.807) is 12.1 Å². The van der Waals surface area contributed by atoms with Gasteiger partial charge in [0.25, 0.3) is 0 Å². The highest BCUT2D eigenvalue weighted by Gasteiger charge is 2.35. The number of aryl methyl sites for hydroxylation is 1. The number of rotatable bonds is 2. The Morgan fingerprint density at radius 2 is 2.24 bits per heavy atom. The maximum Gasteiger partial charge on any atom is 0.308 e. The van der Waals surface area contributed by atoms with Gasteiger partial charge in [-0.2, -0.15) is 0 Å². The molecule has 1 unspecified atom stereocenters. The molecule has 1 aromatic carbocycles. The van der Waals surface area contributed by atoms with Crippen molar-refractivity contribution >= 4 is 29.2 Å². The second kappa shape index (κ2) is 4.37. The van der Waals surface area contributed by atoms with E-state index in [9.17, 15) is 9.59 Å². The lowest BCUT2D eigenvalue weighted by Crippen LogP contribution is -2.26. The summed E-state index contributed by atoms with van der Waals surface area (Å²) in [5.41, 5.74) is 1.58. The molecule has 17 heavy (non-hydrogen) atoms. The Hall–Kier alpha value is -1.55. The van der Waals surface area contributed by atoms with Crippen LogP contribution in [-0.4, -0.2) is 23.5 Å². The van der Waals surface area contributed by atoms with Gasteiger partial charge in [-0.05, 0) is 24.6 Å². The van der Waals surface area contributed by atoms with Crippen LogP contribution < -0.4 is 4.90 Å². The molecule has 90 valence electrons. The molecular weight excluding hydrogens is 242 g/mol. The number of carbonyl (C=O) groups excluding carboxylic acids is 1. The SMILES string of the molecule is Cc1ccc(Cl)c(N2CC(C(=O)O)CC2=O)c1. The van der Waals surface area contributed by atoms with Gasteiger partial charge in [-0.15, -0.1) is 0 Å². The van der Waals surface area contributed by atoms with Crippen LogP contribution in [0.1, 0.15) is 12.0 Å². The molecule has 4 nitrogen and oxygen atoms in total. The summed E-state index contributed by atoms with van der Waals surface area (Å²) in [5.74, 6) is -1.77. The first-order valence-corrected chi connectivity index (χ1v) is 5.66. The fourth-order valence-corrected chi connectivity index (χ4v) is 2.15. The predicted octanol–water partition coefficient (Wildman–Crippen LogP) is 2.09. The zero-order valence-corrected chi connectivity index (χ0v) is 10.1. The molecule has 0 spiro atoms. The molecule has 0 radical (unpaired) electrons. The Labute approximate surface area is 104 Å². The molecule has 0 saturated carbocycles. The van der Waals surface area contributed by atoms with Crippen molar-refractivity contribution in [3.05, 3.63) is 28.8 Å². The van der Waals surface area contributed by atoms with E-state index in [4.69, 9.17) is 16.7 Å². The maximum atomic E-state index is 11.8. The third kappa shape index (κ3) is 2.26. The van der Waals surface area contributed by atoms with E-state index in [1.165, 1.54) is 4.90 Å². The standard InChI is InChI=1S/C12H12ClNO3/c1-7-2-3-9(13)10(4-7)14-6-8(12(16)17)5-11(14)15/h2-4,8H,5-6H2,1H3,(H,16,17). The van der Waals surface area contributed by atoms with Gasteiger partial charge in [0, 0.05) is 13.0 Å². The summed E-state index contributed by atoms with van der Waals surface area (Å²) in [6.07, 6.45) is 0.0413.